The maximum Gasteiger partial charge on any atom is 0.227 e. The number of hydrogen-bond donors (Lipinski definition) is 2. The van der Waals surface area contributed by atoms with E-state index < -0.39 is 5.41 Å². The highest BCUT2D eigenvalue weighted by Crippen LogP contribution is 2.39. The third-order valence-corrected chi connectivity index (χ3v) is 5.03. The summed E-state index contributed by atoms with van der Waals surface area (Å²) in [6, 6.07) is 0. The summed E-state index contributed by atoms with van der Waals surface area (Å²) in [6.45, 7) is 9.60. The molecule has 0 aromatic rings. The summed E-state index contributed by atoms with van der Waals surface area (Å²) in [7, 11) is 0. The minimum absolute atomic E-state index is 0. The van der Waals surface area contributed by atoms with Crippen molar-refractivity contribution in [2.45, 2.75) is 58.9 Å². The zero-order valence-electron chi connectivity index (χ0n) is 14.9. The number of likely N-dealkylation sites (tertiary alicyclic amines) is 1. The van der Waals surface area contributed by atoms with Crippen molar-refractivity contribution in [3.8, 4) is 0 Å². The molecule has 0 aromatic heterocycles. The second-order valence-electron chi connectivity index (χ2n) is 8.23. The van der Waals surface area contributed by atoms with E-state index in [1.54, 1.807) is 0 Å². The quantitative estimate of drug-likeness (QED) is 0.817. The summed E-state index contributed by atoms with van der Waals surface area (Å²) in [4.78, 5) is 26.9. The van der Waals surface area contributed by atoms with Gasteiger partial charge in [-0.2, -0.15) is 0 Å². The van der Waals surface area contributed by atoms with Crippen LogP contribution in [0.4, 0.5) is 0 Å². The molecule has 1 saturated heterocycles. The van der Waals surface area contributed by atoms with E-state index in [1.165, 1.54) is 0 Å². The minimum atomic E-state index is -0.391. The van der Waals surface area contributed by atoms with Crippen molar-refractivity contribution in [2.24, 2.45) is 23.0 Å². The number of nitrogens with two attached hydrogens (primary N) is 1. The van der Waals surface area contributed by atoms with Crippen molar-refractivity contribution in [1.82, 2.24) is 10.2 Å². The molecule has 134 valence electrons. The Morgan fingerprint density at radius 1 is 1.17 bits per heavy atom. The summed E-state index contributed by atoms with van der Waals surface area (Å²) in [5, 5.41) is 3.17. The van der Waals surface area contributed by atoms with E-state index in [0.29, 0.717) is 19.0 Å². The molecule has 6 heteroatoms. The summed E-state index contributed by atoms with van der Waals surface area (Å²) < 4.78 is 0. The first-order valence-corrected chi connectivity index (χ1v) is 8.49. The number of carbonyl (C=O) groups is 2. The summed E-state index contributed by atoms with van der Waals surface area (Å²) in [5.74, 6) is 0.599. The van der Waals surface area contributed by atoms with Gasteiger partial charge in [-0.25, -0.2) is 0 Å². The Balaban J connectivity index is 0.00000264. The maximum absolute atomic E-state index is 12.6. The molecule has 2 atom stereocenters. The number of amides is 2. The Hall–Kier alpha value is -0.810. The van der Waals surface area contributed by atoms with Crippen LogP contribution in [0.15, 0.2) is 0 Å². The molecular formula is C17H32ClN3O2. The van der Waals surface area contributed by atoms with E-state index in [0.717, 1.165) is 32.2 Å². The molecule has 2 unspecified atom stereocenters. The summed E-state index contributed by atoms with van der Waals surface area (Å²) in [6.07, 6.45) is 4.04. The molecule has 0 aromatic carbocycles. The fourth-order valence-electron chi connectivity index (χ4n) is 3.27. The Kier molecular flexibility index (Phi) is 6.50. The SMILES string of the molecule is CC(C)(C)C(=O)N1CCCC(C(=O)NC(C)(CN)C2CC2)C1.Cl. The number of nitrogens with one attached hydrogen (secondary N) is 1. The van der Waals surface area contributed by atoms with Gasteiger partial charge in [0.05, 0.1) is 11.5 Å². The van der Waals surface area contributed by atoms with Crippen molar-refractivity contribution < 1.29 is 9.59 Å². The number of hydrogen-bond acceptors (Lipinski definition) is 3. The van der Waals surface area contributed by atoms with Gasteiger partial charge in [-0.05, 0) is 38.5 Å². The highest BCUT2D eigenvalue weighted by molar-refractivity contribution is 5.85. The van der Waals surface area contributed by atoms with Gasteiger partial charge < -0.3 is 16.0 Å². The van der Waals surface area contributed by atoms with Crippen LogP contribution < -0.4 is 11.1 Å². The largest absolute Gasteiger partial charge is 0.349 e. The van der Waals surface area contributed by atoms with Gasteiger partial charge in [0.25, 0.3) is 0 Å². The number of carbonyl (C=O) groups excluding carboxylic acids is 2. The molecule has 3 N–H and O–H groups in total. The van der Waals surface area contributed by atoms with Gasteiger partial charge in [-0.3, -0.25) is 9.59 Å². The molecule has 1 aliphatic heterocycles. The van der Waals surface area contributed by atoms with Crippen molar-refractivity contribution in [1.29, 1.82) is 0 Å². The Labute approximate surface area is 146 Å². The molecule has 1 heterocycles. The van der Waals surface area contributed by atoms with Crippen LogP contribution in [0, 0.1) is 17.3 Å². The van der Waals surface area contributed by atoms with E-state index in [9.17, 15) is 9.59 Å². The number of rotatable bonds is 4. The number of nitrogens with zero attached hydrogens (tertiary/aromatic N) is 1. The average Bonchev–Trinajstić information content (AvgIpc) is 3.30. The van der Waals surface area contributed by atoms with E-state index in [4.69, 9.17) is 5.73 Å². The zero-order chi connectivity index (χ0) is 16.5. The van der Waals surface area contributed by atoms with E-state index >= 15 is 0 Å². The first-order valence-electron chi connectivity index (χ1n) is 8.49. The van der Waals surface area contributed by atoms with Crippen LogP contribution in [-0.4, -0.2) is 41.9 Å². The minimum Gasteiger partial charge on any atom is -0.349 e. The first kappa shape index (κ1) is 20.2. The van der Waals surface area contributed by atoms with Gasteiger partial charge in [0, 0.05) is 25.0 Å². The topological polar surface area (TPSA) is 75.4 Å². The molecule has 0 spiro atoms. The zero-order valence-corrected chi connectivity index (χ0v) is 15.7. The van der Waals surface area contributed by atoms with Crippen LogP contribution in [0.5, 0.6) is 0 Å². The van der Waals surface area contributed by atoms with Crippen molar-refractivity contribution in [3.05, 3.63) is 0 Å². The predicted octanol–water partition coefficient (Wildman–Crippen LogP) is 1.94. The summed E-state index contributed by atoms with van der Waals surface area (Å²) in [5.41, 5.74) is 5.20. The van der Waals surface area contributed by atoms with Crippen LogP contribution in [-0.2, 0) is 9.59 Å². The van der Waals surface area contributed by atoms with E-state index in [1.807, 2.05) is 32.6 Å². The van der Waals surface area contributed by atoms with Crippen LogP contribution in [0.1, 0.15) is 53.4 Å². The van der Waals surface area contributed by atoms with Crippen LogP contribution in [0.25, 0.3) is 0 Å². The lowest BCUT2D eigenvalue weighted by Crippen LogP contribution is -2.57. The van der Waals surface area contributed by atoms with Gasteiger partial charge in [-0.15, -0.1) is 12.4 Å². The van der Waals surface area contributed by atoms with Crippen LogP contribution in [0.3, 0.4) is 0 Å². The molecule has 5 nitrogen and oxygen atoms in total. The maximum atomic E-state index is 12.6. The van der Waals surface area contributed by atoms with Crippen LogP contribution in [0.2, 0.25) is 0 Å². The highest BCUT2D eigenvalue weighted by Gasteiger charge is 2.43. The number of piperidine rings is 1. The number of halogens is 1. The average molecular weight is 346 g/mol. The molecule has 0 radical (unpaired) electrons. The first-order chi connectivity index (χ1) is 10.2. The smallest absolute Gasteiger partial charge is 0.227 e. The molecular weight excluding hydrogens is 314 g/mol. The lowest BCUT2D eigenvalue weighted by atomic mass is 9.89. The Morgan fingerprint density at radius 3 is 2.26 bits per heavy atom. The fraction of sp³-hybridized carbons (Fsp3) is 0.882. The van der Waals surface area contributed by atoms with Crippen molar-refractivity contribution >= 4 is 24.2 Å². The molecule has 2 fully saturated rings. The molecule has 2 aliphatic rings. The van der Waals surface area contributed by atoms with E-state index in [2.05, 4.69) is 5.32 Å². The van der Waals surface area contributed by atoms with Gasteiger partial charge in [0.15, 0.2) is 0 Å². The van der Waals surface area contributed by atoms with Crippen molar-refractivity contribution in [2.75, 3.05) is 19.6 Å². The highest BCUT2D eigenvalue weighted by atomic mass is 35.5. The third kappa shape index (κ3) is 4.83. The molecule has 1 saturated carbocycles. The van der Waals surface area contributed by atoms with Crippen molar-refractivity contribution in [3.63, 3.8) is 0 Å². The molecule has 2 rings (SSSR count). The Morgan fingerprint density at radius 2 is 1.78 bits per heavy atom. The van der Waals surface area contributed by atoms with Gasteiger partial charge in [-0.1, -0.05) is 20.8 Å². The third-order valence-electron chi connectivity index (χ3n) is 5.03. The monoisotopic (exact) mass is 345 g/mol. The second kappa shape index (κ2) is 7.39. The molecule has 0 bridgehead atoms. The van der Waals surface area contributed by atoms with Gasteiger partial charge in [0.2, 0.25) is 11.8 Å². The normalized spacial score (nSPS) is 24.4. The molecule has 23 heavy (non-hydrogen) atoms. The van der Waals surface area contributed by atoms with Gasteiger partial charge >= 0.3 is 0 Å². The fourth-order valence-corrected chi connectivity index (χ4v) is 3.27. The van der Waals surface area contributed by atoms with E-state index in [-0.39, 0.29) is 35.7 Å². The standard InChI is InChI=1S/C17H31N3O2.ClH/c1-16(2,3)15(22)20-9-5-6-12(10-20)14(21)19-17(4,11-18)13-7-8-13;/h12-13H,5-11,18H2,1-4H3,(H,19,21);1H. The lowest BCUT2D eigenvalue weighted by Gasteiger charge is -2.38. The van der Waals surface area contributed by atoms with Gasteiger partial charge in [0.1, 0.15) is 0 Å². The summed E-state index contributed by atoms with van der Waals surface area (Å²) >= 11 is 0. The Bertz CT molecular complexity index is 446. The van der Waals surface area contributed by atoms with Crippen LogP contribution >= 0.6 is 12.4 Å². The predicted molar refractivity (Wildman–Crippen MR) is 94.3 cm³/mol. The second-order valence-corrected chi connectivity index (χ2v) is 8.23. The molecule has 2 amide bonds. The lowest BCUT2D eigenvalue weighted by molar-refractivity contribution is -0.143. The molecule has 1 aliphatic carbocycles.